The average Bonchev–Trinajstić information content (AvgIpc) is 3.00. The molecule has 2 N–H and O–H groups in total. The summed E-state index contributed by atoms with van der Waals surface area (Å²) in [4.78, 5) is 9.37. The molecule has 1 aliphatic rings. The van der Waals surface area contributed by atoms with E-state index in [1.807, 2.05) is 36.4 Å². The van der Waals surface area contributed by atoms with E-state index in [4.69, 9.17) is 4.98 Å². The van der Waals surface area contributed by atoms with Crippen LogP contribution in [-0.2, 0) is 0 Å². The summed E-state index contributed by atoms with van der Waals surface area (Å²) in [6, 6.07) is 13.1. The molecule has 0 unspecified atom stereocenters. The lowest BCUT2D eigenvalue weighted by Crippen LogP contribution is -2.17. The zero-order valence-electron chi connectivity index (χ0n) is 13.3. The summed E-state index contributed by atoms with van der Waals surface area (Å²) in [5.41, 5.74) is 1.05. The average molecular weight is 296 g/mol. The maximum atomic E-state index is 4.71. The van der Waals surface area contributed by atoms with Gasteiger partial charge in [0.25, 0.3) is 0 Å². The number of rotatable bonds is 5. The van der Waals surface area contributed by atoms with Gasteiger partial charge in [-0.2, -0.15) is 0 Å². The molecule has 1 heterocycles. The van der Waals surface area contributed by atoms with Crippen molar-refractivity contribution >= 4 is 11.6 Å². The van der Waals surface area contributed by atoms with E-state index < -0.39 is 0 Å². The van der Waals surface area contributed by atoms with Gasteiger partial charge in [-0.25, -0.2) is 9.97 Å². The summed E-state index contributed by atoms with van der Waals surface area (Å²) in [5, 5.41) is 6.96. The molecule has 22 heavy (non-hydrogen) atoms. The van der Waals surface area contributed by atoms with E-state index in [-0.39, 0.29) is 0 Å². The van der Waals surface area contributed by atoms with Crippen LogP contribution in [0.1, 0.15) is 39.5 Å². The van der Waals surface area contributed by atoms with Crippen LogP contribution in [0.2, 0.25) is 0 Å². The SMILES string of the molecule is CC(C)Nc1cc(NC2CCCC2)nc(-c2ccccc2)n1. The van der Waals surface area contributed by atoms with Crippen molar-refractivity contribution in [2.24, 2.45) is 0 Å². The molecule has 4 heteroatoms. The Morgan fingerprint density at radius 2 is 1.68 bits per heavy atom. The van der Waals surface area contributed by atoms with Crippen LogP contribution in [0, 0.1) is 0 Å². The standard InChI is InChI=1S/C18H24N4/c1-13(2)19-16-12-17(20-15-10-6-7-11-15)22-18(21-16)14-8-4-3-5-9-14/h3-5,8-9,12-13,15H,6-7,10-11H2,1-2H3,(H2,19,20,21,22). The van der Waals surface area contributed by atoms with E-state index in [0.29, 0.717) is 12.1 Å². The number of nitrogens with one attached hydrogen (secondary N) is 2. The van der Waals surface area contributed by atoms with Crippen LogP contribution < -0.4 is 10.6 Å². The molecule has 0 spiro atoms. The first kappa shape index (κ1) is 14.8. The summed E-state index contributed by atoms with van der Waals surface area (Å²) in [5.74, 6) is 2.57. The monoisotopic (exact) mass is 296 g/mol. The Morgan fingerprint density at radius 1 is 1.00 bits per heavy atom. The molecule has 0 radical (unpaired) electrons. The first-order valence-corrected chi connectivity index (χ1v) is 8.18. The molecular formula is C18H24N4. The Balaban J connectivity index is 1.90. The Morgan fingerprint density at radius 3 is 2.36 bits per heavy atom. The third-order valence-electron chi connectivity index (χ3n) is 3.90. The molecule has 1 aromatic carbocycles. The van der Waals surface area contributed by atoms with Crippen molar-refractivity contribution in [1.29, 1.82) is 0 Å². The van der Waals surface area contributed by atoms with Gasteiger partial charge in [-0.3, -0.25) is 0 Å². The topological polar surface area (TPSA) is 49.8 Å². The van der Waals surface area contributed by atoms with Gasteiger partial charge < -0.3 is 10.6 Å². The highest BCUT2D eigenvalue weighted by Crippen LogP contribution is 2.25. The lowest BCUT2D eigenvalue weighted by atomic mass is 10.2. The second kappa shape index (κ2) is 6.77. The van der Waals surface area contributed by atoms with Crippen molar-refractivity contribution in [3.63, 3.8) is 0 Å². The predicted molar refractivity (Wildman–Crippen MR) is 92.1 cm³/mol. The van der Waals surface area contributed by atoms with Crippen LogP contribution in [0.5, 0.6) is 0 Å². The largest absolute Gasteiger partial charge is 0.368 e. The third-order valence-corrected chi connectivity index (χ3v) is 3.90. The molecule has 0 amide bonds. The van der Waals surface area contributed by atoms with E-state index in [9.17, 15) is 0 Å². The smallest absolute Gasteiger partial charge is 0.163 e. The molecule has 1 aromatic heterocycles. The molecule has 0 aliphatic heterocycles. The second-order valence-electron chi connectivity index (χ2n) is 6.25. The van der Waals surface area contributed by atoms with Crippen LogP contribution in [0.15, 0.2) is 36.4 Å². The summed E-state index contributed by atoms with van der Waals surface area (Å²) in [7, 11) is 0. The maximum absolute atomic E-state index is 4.71. The molecule has 1 saturated carbocycles. The third kappa shape index (κ3) is 3.75. The van der Waals surface area contributed by atoms with Crippen LogP contribution >= 0.6 is 0 Å². The van der Waals surface area contributed by atoms with Gasteiger partial charge in [-0.05, 0) is 26.7 Å². The number of anilines is 2. The predicted octanol–water partition coefficient (Wildman–Crippen LogP) is 4.32. The Bertz CT molecular complexity index is 604. The highest BCUT2D eigenvalue weighted by atomic mass is 15.1. The molecule has 0 atom stereocenters. The first-order chi connectivity index (χ1) is 10.7. The number of benzene rings is 1. The van der Waals surface area contributed by atoms with Crippen molar-refractivity contribution in [1.82, 2.24) is 9.97 Å². The van der Waals surface area contributed by atoms with Gasteiger partial charge >= 0.3 is 0 Å². The van der Waals surface area contributed by atoms with Gasteiger partial charge in [0.1, 0.15) is 11.6 Å². The van der Waals surface area contributed by atoms with Gasteiger partial charge in [-0.1, -0.05) is 43.2 Å². The van der Waals surface area contributed by atoms with E-state index in [0.717, 1.165) is 23.0 Å². The van der Waals surface area contributed by atoms with Crippen molar-refractivity contribution in [2.75, 3.05) is 10.6 Å². The fourth-order valence-corrected chi connectivity index (χ4v) is 2.89. The molecule has 4 nitrogen and oxygen atoms in total. The number of aromatic nitrogens is 2. The minimum atomic E-state index is 0.345. The molecular weight excluding hydrogens is 272 g/mol. The summed E-state index contributed by atoms with van der Waals surface area (Å²) in [6.45, 7) is 4.24. The number of hydrogen-bond acceptors (Lipinski definition) is 4. The minimum absolute atomic E-state index is 0.345. The van der Waals surface area contributed by atoms with Gasteiger partial charge in [0.2, 0.25) is 0 Å². The maximum Gasteiger partial charge on any atom is 0.163 e. The highest BCUT2D eigenvalue weighted by molar-refractivity contribution is 5.61. The van der Waals surface area contributed by atoms with Crippen LogP contribution in [-0.4, -0.2) is 22.1 Å². The van der Waals surface area contributed by atoms with Gasteiger partial charge in [-0.15, -0.1) is 0 Å². The van der Waals surface area contributed by atoms with E-state index >= 15 is 0 Å². The Hall–Kier alpha value is -2.10. The van der Waals surface area contributed by atoms with E-state index in [2.05, 4.69) is 29.5 Å². The zero-order valence-corrected chi connectivity index (χ0v) is 13.3. The quantitative estimate of drug-likeness (QED) is 0.863. The fraction of sp³-hybridized carbons (Fsp3) is 0.444. The molecule has 1 fully saturated rings. The molecule has 0 bridgehead atoms. The summed E-state index contributed by atoms with van der Waals surface area (Å²) in [6.07, 6.45) is 5.09. The molecule has 3 rings (SSSR count). The highest BCUT2D eigenvalue weighted by Gasteiger charge is 2.16. The Labute approximate surface area is 132 Å². The summed E-state index contributed by atoms with van der Waals surface area (Å²) < 4.78 is 0. The van der Waals surface area contributed by atoms with Crippen molar-refractivity contribution in [3.8, 4) is 11.4 Å². The second-order valence-corrected chi connectivity index (χ2v) is 6.25. The lowest BCUT2D eigenvalue weighted by Gasteiger charge is -2.16. The van der Waals surface area contributed by atoms with Gasteiger partial charge in [0.15, 0.2) is 5.82 Å². The van der Waals surface area contributed by atoms with Gasteiger partial charge in [0, 0.05) is 23.7 Å². The Kier molecular flexibility index (Phi) is 4.56. The summed E-state index contributed by atoms with van der Waals surface area (Å²) >= 11 is 0. The minimum Gasteiger partial charge on any atom is -0.368 e. The van der Waals surface area contributed by atoms with Crippen molar-refractivity contribution in [2.45, 2.75) is 51.6 Å². The number of nitrogens with zero attached hydrogens (tertiary/aromatic N) is 2. The molecule has 0 saturated heterocycles. The molecule has 2 aromatic rings. The van der Waals surface area contributed by atoms with Crippen LogP contribution in [0.25, 0.3) is 11.4 Å². The fourth-order valence-electron chi connectivity index (χ4n) is 2.89. The normalized spacial score (nSPS) is 15.2. The van der Waals surface area contributed by atoms with Crippen LogP contribution in [0.3, 0.4) is 0 Å². The first-order valence-electron chi connectivity index (χ1n) is 8.18. The lowest BCUT2D eigenvalue weighted by molar-refractivity contribution is 0.750. The van der Waals surface area contributed by atoms with Gasteiger partial charge in [0.05, 0.1) is 0 Å². The van der Waals surface area contributed by atoms with Crippen molar-refractivity contribution < 1.29 is 0 Å². The number of hydrogen-bond donors (Lipinski definition) is 2. The molecule has 116 valence electrons. The van der Waals surface area contributed by atoms with E-state index in [1.165, 1.54) is 25.7 Å². The van der Waals surface area contributed by atoms with E-state index in [1.54, 1.807) is 0 Å². The molecule has 1 aliphatic carbocycles. The van der Waals surface area contributed by atoms with Crippen LogP contribution in [0.4, 0.5) is 11.6 Å². The zero-order chi connectivity index (χ0) is 15.4. The van der Waals surface area contributed by atoms with Crippen molar-refractivity contribution in [3.05, 3.63) is 36.4 Å².